The summed E-state index contributed by atoms with van der Waals surface area (Å²) in [5, 5.41) is 6.34. The predicted molar refractivity (Wildman–Crippen MR) is 139 cm³/mol. The van der Waals surface area contributed by atoms with E-state index in [9.17, 15) is 14.0 Å². The summed E-state index contributed by atoms with van der Waals surface area (Å²) in [5.74, 6) is -0.541. The first-order chi connectivity index (χ1) is 17.0. The van der Waals surface area contributed by atoms with Gasteiger partial charge in [0, 0.05) is 46.7 Å². The Labute approximate surface area is 214 Å². The Morgan fingerprint density at radius 3 is 2.58 bits per heavy atom. The van der Waals surface area contributed by atoms with E-state index >= 15 is 0 Å². The predicted octanol–water partition coefficient (Wildman–Crippen LogP) is 5.22. The second kappa shape index (κ2) is 9.97. The summed E-state index contributed by atoms with van der Waals surface area (Å²) in [4.78, 5) is 31.4. The molecule has 0 aliphatic carbocycles. The molecular weight excluding hydrogens is 477 g/mol. The SMILES string of the molecule is CC(=O)c1csc2c1CCN(C(=O)c1cnc3ccc(F)cn13)C2.CCc1cc(C(C)(C)C)nn1C. The molecule has 0 N–H and O–H groups in total. The molecule has 0 aromatic carbocycles. The molecule has 9 heteroatoms. The highest BCUT2D eigenvalue weighted by atomic mass is 32.1. The number of carbonyl (C=O) groups excluding carboxylic acids is 2. The number of Topliss-reactive ketones (excluding diaryl/α,β-unsaturated/α-hetero) is 1. The molecule has 190 valence electrons. The maximum absolute atomic E-state index is 13.5. The number of aromatic nitrogens is 4. The van der Waals surface area contributed by atoms with Crippen LogP contribution in [0.25, 0.3) is 5.65 Å². The van der Waals surface area contributed by atoms with Gasteiger partial charge in [-0.3, -0.25) is 18.7 Å². The average molecular weight is 510 g/mol. The van der Waals surface area contributed by atoms with Crippen LogP contribution in [-0.2, 0) is 31.8 Å². The number of amides is 1. The molecule has 4 aromatic heterocycles. The monoisotopic (exact) mass is 509 g/mol. The number of imidazole rings is 1. The lowest BCUT2D eigenvalue weighted by molar-refractivity contribution is 0.0730. The molecule has 4 aromatic rings. The van der Waals surface area contributed by atoms with Crippen LogP contribution >= 0.6 is 11.3 Å². The van der Waals surface area contributed by atoms with Crippen molar-refractivity contribution in [3.05, 3.63) is 74.9 Å². The largest absolute Gasteiger partial charge is 0.332 e. The number of thiophene rings is 1. The first-order valence-electron chi connectivity index (χ1n) is 12.0. The summed E-state index contributed by atoms with van der Waals surface area (Å²) in [5.41, 5.74) is 5.36. The van der Waals surface area contributed by atoms with Gasteiger partial charge >= 0.3 is 0 Å². The molecule has 0 fully saturated rings. The van der Waals surface area contributed by atoms with Crippen molar-refractivity contribution in [1.29, 1.82) is 0 Å². The highest BCUT2D eigenvalue weighted by Crippen LogP contribution is 2.30. The third kappa shape index (κ3) is 5.11. The summed E-state index contributed by atoms with van der Waals surface area (Å²) in [7, 11) is 2.01. The molecular formula is C27H32FN5O2S. The van der Waals surface area contributed by atoms with E-state index in [2.05, 4.69) is 43.8 Å². The molecule has 0 saturated heterocycles. The van der Waals surface area contributed by atoms with E-state index in [-0.39, 0.29) is 17.1 Å². The average Bonchev–Trinajstić information content (AvgIpc) is 3.54. The highest BCUT2D eigenvalue weighted by Gasteiger charge is 2.27. The van der Waals surface area contributed by atoms with E-state index in [1.807, 2.05) is 17.1 Å². The van der Waals surface area contributed by atoms with Crippen LogP contribution in [0.5, 0.6) is 0 Å². The standard InChI is InChI=1S/C17H14FN3O2S.C10H18N2/c1-10(22)13-9-24-15-8-20(5-4-12(13)15)17(23)14-6-19-16-3-2-11(18)7-21(14)16;1-6-8-7-9(10(2,3)4)11-12(8)5/h2-3,6-7,9H,4-5,8H2,1H3;7H,6H2,1-5H3. The fraction of sp³-hybridized carbons (Fsp3) is 0.407. The van der Waals surface area contributed by atoms with Crippen LogP contribution in [0.2, 0.25) is 0 Å². The summed E-state index contributed by atoms with van der Waals surface area (Å²) in [6.07, 6.45) is 4.45. The molecule has 1 amide bonds. The van der Waals surface area contributed by atoms with Gasteiger partial charge in [-0.2, -0.15) is 5.10 Å². The molecule has 7 nitrogen and oxygen atoms in total. The molecule has 36 heavy (non-hydrogen) atoms. The number of rotatable bonds is 3. The van der Waals surface area contributed by atoms with Crippen molar-refractivity contribution in [2.24, 2.45) is 7.05 Å². The topological polar surface area (TPSA) is 72.5 Å². The number of hydrogen-bond donors (Lipinski definition) is 0. The van der Waals surface area contributed by atoms with Crippen molar-refractivity contribution in [1.82, 2.24) is 24.1 Å². The molecule has 5 rings (SSSR count). The first kappa shape index (κ1) is 25.8. The van der Waals surface area contributed by atoms with Gasteiger partial charge in [-0.05, 0) is 43.5 Å². The van der Waals surface area contributed by atoms with Gasteiger partial charge in [0.15, 0.2) is 5.78 Å². The van der Waals surface area contributed by atoms with E-state index in [1.165, 1.54) is 45.6 Å². The van der Waals surface area contributed by atoms with Gasteiger partial charge in [0.05, 0.1) is 18.4 Å². The van der Waals surface area contributed by atoms with Crippen LogP contribution in [0.3, 0.4) is 0 Å². The molecule has 1 aliphatic rings. The number of nitrogens with zero attached hydrogens (tertiary/aromatic N) is 5. The van der Waals surface area contributed by atoms with E-state index in [0.717, 1.165) is 22.4 Å². The zero-order valence-electron chi connectivity index (χ0n) is 21.6. The molecule has 0 radical (unpaired) electrons. The maximum atomic E-state index is 13.5. The Bertz CT molecular complexity index is 1430. The third-order valence-corrected chi connectivity index (χ3v) is 7.42. The second-order valence-electron chi connectivity index (χ2n) is 10.1. The molecule has 0 unspecified atom stereocenters. The number of halogens is 1. The molecule has 1 aliphatic heterocycles. The van der Waals surface area contributed by atoms with Gasteiger partial charge < -0.3 is 4.90 Å². The van der Waals surface area contributed by atoms with Crippen molar-refractivity contribution in [3.8, 4) is 0 Å². The molecule has 0 bridgehead atoms. The summed E-state index contributed by atoms with van der Waals surface area (Å²) in [6, 6.07) is 5.05. The first-order valence-corrected chi connectivity index (χ1v) is 12.9. The molecule has 0 saturated carbocycles. The van der Waals surface area contributed by atoms with Crippen molar-refractivity contribution >= 4 is 28.7 Å². The van der Waals surface area contributed by atoms with Crippen LogP contribution in [0.15, 0.2) is 36.0 Å². The Balaban J connectivity index is 0.000000214. The minimum absolute atomic E-state index is 0.0598. The number of pyridine rings is 1. The van der Waals surface area contributed by atoms with E-state index < -0.39 is 5.82 Å². The lowest BCUT2D eigenvalue weighted by Gasteiger charge is -2.27. The second-order valence-corrected chi connectivity index (χ2v) is 11.0. The zero-order valence-corrected chi connectivity index (χ0v) is 22.4. The van der Waals surface area contributed by atoms with E-state index in [4.69, 9.17) is 0 Å². The van der Waals surface area contributed by atoms with Gasteiger partial charge in [0.25, 0.3) is 5.91 Å². The number of fused-ring (bicyclic) bond motifs is 2. The normalized spacial score (nSPS) is 13.4. The van der Waals surface area contributed by atoms with Crippen molar-refractivity contribution in [3.63, 3.8) is 0 Å². The summed E-state index contributed by atoms with van der Waals surface area (Å²) >= 11 is 1.51. The molecule has 5 heterocycles. The Hall–Kier alpha value is -3.33. The summed E-state index contributed by atoms with van der Waals surface area (Å²) in [6.45, 7) is 11.3. The minimum atomic E-state index is -0.417. The number of ketones is 1. The van der Waals surface area contributed by atoms with Crippen LogP contribution in [0, 0.1) is 5.82 Å². The highest BCUT2D eigenvalue weighted by molar-refractivity contribution is 7.10. The van der Waals surface area contributed by atoms with E-state index in [1.54, 1.807) is 17.9 Å². The summed E-state index contributed by atoms with van der Waals surface area (Å²) < 4.78 is 16.9. The fourth-order valence-corrected chi connectivity index (χ4v) is 5.43. The Kier molecular flexibility index (Phi) is 7.13. The van der Waals surface area contributed by atoms with Crippen LogP contribution in [0.1, 0.15) is 77.3 Å². The van der Waals surface area contributed by atoms with Crippen LogP contribution in [-0.4, -0.2) is 42.3 Å². The third-order valence-electron chi connectivity index (χ3n) is 6.41. The van der Waals surface area contributed by atoms with Crippen molar-refractivity contribution < 1.29 is 14.0 Å². The molecule has 0 atom stereocenters. The fourth-order valence-electron chi connectivity index (χ4n) is 4.28. The van der Waals surface area contributed by atoms with Crippen molar-refractivity contribution in [2.75, 3.05) is 6.54 Å². The van der Waals surface area contributed by atoms with E-state index in [0.29, 0.717) is 30.9 Å². The molecule has 0 spiro atoms. The van der Waals surface area contributed by atoms with Crippen molar-refractivity contribution in [2.45, 2.75) is 59.4 Å². The lowest BCUT2D eigenvalue weighted by Crippen LogP contribution is -2.36. The van der Waals surface area contributed by atoms with Crippen LogP contribution in [0.4, 0.5) is 4.39 Å². The smallest absolute Gasteiger partial charge is 0.272 e. The Morgan fingerprint density at radius 1 is 1.22 bits per heavy atom. The zero-order chi connectivity index (χ0) is 26.2. The minimum Gasteiger partial charge on any atom is -0.332 e. The van der Waals surface area contributed by atoms with Gasteiger partial charge in [0.2, 0.25) is 0 Å². The maximum Gasteiger partial charge on any atom is 0.272 e. The number of aryl methyl sites for hydroxylation is 2. The number of hydrogen-bond acceptors (Lipinski definition) is 5. The van der Waals surface area contributed by atoms with Gasteiger partial charge in [-0.15, -0.1) is 11.3 Å². The van der Waals surface area contributed by atoms with Gasteiger partial charge in [-0.25, -0.2) is 9.37 Å². The van der Waals surface area contributed by atoms with Gasteiger partial charge in [0.1, 0.15) is 17.2 Å². The Morgan fingerprint density at radius 2 is 1.97 bits per heavy atom. The van der Waals surface area contributed by atoms with Gasteiger partial charge in [-0.1, -0.05) is 27.7 Å². The number of carbonyl (C=O) groups is 2. The lowest BCUT2D eigenvalue weighted by atomic mass is 9.92. The van der Waals surface area contributed by atoms with Crippen LogP contribution < -0.4 is 0 Å². The quantitative estimate of drug-likeness (QED) is 0.355.